The van der Waals surface area contributed by atoms with Crippen LogP contribution in [0.25, 0.3) is 10.8 Å². The number of hydrogen-bond donors (Lipinski definition) is 2. The lowest BCUT2D eigenvalue weighted by molar-refractivity contribution is -0.142. The smallest absolute Gasteiger partial charge is 0.408 e. The summed E-state index contributed by atoms with van der Waals surface area (Å²) in [4.78, 5) is 43.0. The molecule has 0 spiro atoms. The number of terminal acetylenes is 1. The van der Waals surface area contributed by atoms with Crippen LogP contribution < -0.4 is 10.6 Å². The highest BCUT2D eigenvalue weighted by Crippen LogP contribution is 2.42. The summed E-state index contributed by atoms with van der Waals surface area (Å²) in [5.74, 6) is 1.87. The van der Waals surface area contributed by atoms with E-state index < -0.39 is 23.8 Å². The Hall–Kier alpha value is -4.31. The maximum Gasteiger partial charge on any atom is 0.408 e. The molecule has 4 unspecified atom stereocenters. The third-order valence-electron chi connectivity index (χ3n) is 7.24. The molecule has 0 aliphatic heterocycles. The number of nitrogens with one attached hydrogen (secondary N) is 2. The van der Waals surface area contributed by atoms with Gasteiger partial charge in [-0.05, 0) is 73.6 Å². The number of benzene rings is 3. The first-order valence-corrected chi connectivity index (χ1v) is 14.1. The molecule has 1 saturated carbocycles. The highest BCUT2D eigenvalue weighted by molar-refractivity contribution is 6.01. The van der Waals surface area contributed by atoms with Gasteiger partial charge in [0.2, 0.25) is 5.91 Å². The van der Waals surface area contributed by atoms with Crippen LogP contribution in [0.4, 0.5) is 10.5 Å². The SMILES string of the molecule is C#Cc1ccccc1C(C(=O)Nc1ccc2ccccc2c1)N(C(=O)C(NC(=O)OC(C)(C)C)C(C)C)C1CC1C. The average molecular weight is 554 g/mol. The van der Waals surface area contributed by atoms with Gasteiger partial charge < -0.3 is 20.3 Å². The monoisotopic (exact) mass is 553 g/mol. The largest absolute Gasteiger partial charge is 0.444 e. The fraction of sp³-hybridized carbons (Fsp3) is 0.382. The molecule has 3 aromatic carbocycles. The Morgan fingerprint density at radius 3 is 2.24 bits per heavy atom. The van der Waals surface area contributed by atoms with Crippen molar-refractivity contribution in [3.05, 3.63) is 77.9 Å². The van der Waals surface area contributed by atoms with Crippen molar-refractivity contribution in [2.75, 3.05) is 5.32 Å². The molecule has 0 radical (unpaired) electrons. The predicted octanol–water partition coefficient (Wildman–Crippen LogP) is 6.29. The topological polar surface area (TPSA) is 87.7 Å². The zero-order valence-electron chi connectivity index (χ0n) is 24.6. The van der Waals surface area contributed by atoms with Crippen LogP contribution >= 0.6 is 0 Å². The summed E-state index contributed by atoms with van der Waals surface area (Å²) in [6.07, 6.45) is 5.92. The van der Waals surface area contributed by atoms with E-state index in [2.05, 4.69) is 16.6 Å². The van der Waals surface area contributed by atoms with E-state index in [1.807, 2.05) is 75.4 Å². The van der Waals surface area contributed by atoms with Crippen LogP contribution in [-0.2, 0) is 14.3 Å². The molecule has 0 saturated heterocycles. The van der Waals surface area contributed by atoms with Crippen molar-refractivity contribution < 1.29 is 19.1 Å². The first-order valence-electron chi connectivity index (χ1n) is 14.1. The van der Waals surface area contributed by atoms with Crippen molar-refractivity contribution in [2.24, 2.45) is 11.8 Å². The molecule has 214 valence electrons. The van der Waals surface area contributed by atoms with E-state index in [0.29, 0.717) is 16.8 Å². The maximum atomic E-state index is 14.4. The molecule has 4 rings (SSSR count). The van der Waals surface area contributed by atoms with E-state index in [4.69, 9.17) is 11.2 Å². The Kier molecular flexibility index (Phi) is 8.72. The molecule has 1 aliphatic carbocycles. The van der Waals surface area contributed by atoms with Gasteiger partial charge in [0.1, 0.15) is 17.7 Å². The summed E-state index contributed by atoms with van der Waals surface area (Å²) < 4.78 is 5.46. The molecule has 1 aliphatic rings. The second-order valence-electron chi connectivity index (χ2n) is 12.1. The van der Waals surface area contributed by atoms with Gasteiger partial charge in [0.15, 0.2) is 0 Å². The Bertz CT molecular complexity index is 1480. The van der Waals surface area contributed by atoms with Crippen LogP contribution in [-0.4, -0.2) is 40.5 Å². The minimum Gasteiger partial charge on any atom is -0.444 e. The van der Waals surface area contributed by atoms with Crippen molar-refractivity contribution in [1.82, 2.24) is 10.2 Å². The van der Waals surface area contributed by atoms with Crippen LogP contribution in [0.15, 0.2) is 66.7 Å². The third-order valence-corrected chi connectivity index (χ3v) is 7.24. The number of nitrogens with zero attached hydrogens (tertiary/aromatic N) is 1. The highest BCUT2D eigenvalue weighted by Gasteiger charge is 2.49. The lowest BCUT2D eigenvalue weighted by Gasteiger charge is -2.36. The number of hydrogen-bond acceptors (Lipinski definition) is 4. The summed E-state index contributed by atoms with van der Waals surface area (Å²) in [6, 6.07) is 18.6. The van der Waals surface area contributed by atoms with Gasteiger partial charge in [-0.25, -0.2) is 4.79 Å². The van der Waals surface area contributed by atoms with E-state index >= 15 is 0 Å². The van der Waals surface area contributed by atoms with E-state index in [-0.39, 0.29) is 29.7 Å². The van der Waals surface area contributed by atoms with Crippen molar-refractivity contribution in [2.45, 2.75) is 71.7 Å². The zero-order valence-corrected chi connectivity index (χ0v) is 24.6. The fourth-order valence-electron chi connectivity index (χ4n) is 5.04. The molecule has 3 amide bonds. The average Bonchev–Trinajstić information content (AvgIpc) is 3.64. The molecule has 1 fully saturated rings. The Balaban J connectivity index is 1.75. The number of fused-ring (bicyclic) bond motifs is 1. The predicted molar refractivity (Wildman–Crippen MR) is 162 cm³/mol. The van der Waals surface area contributed by atoms with Gasteiger partial charge in [-0.2, -0.15) is 0 Å². The van der Waals surface area contributed by atoms with E-state index in [9.17, 15) is 14.4 Å². The molecule has 7 nitrogen and oxygen atoms in total. The van der Waals surface area contributed by atoms with Gasteiger partial charge in [0.05, 0.1) is 0 Å². The van der Waals surface area contributed by atoms with Gasteiger partial charge in [-0.1, -0.05) is 75.2 Å². The number of anilines is 1. The molecule has 3 aromatic rings. The molecular weight excluding hydrogens is 514 g/mol. The van der Waals surface area contributed by atoms with Crippen LogP contribution in [0, 0.1) is 24.2 Å². The Morgan fingerprint density at radius 2 is 1.63 bits per heavy atom. The minimum absolute atomic E-state index is 0.183. The van der Waals surface area contributed by atoms with Gasteiger partial charge >= 0.3 is 6.09 Å². The number of carbonyl (C=O) groups excluding carboxylic acids is 3. The van der Waals surface area contributed by atoms with E-state index in [0.717, 1.165) is 17.2 Å². The summed E-state index contributed by atoms with van der Waals surface area (Å²) in [6.45, 7) is 11.0. The normalized spacial score (nSPS) is 17.7. The van der Waals surface area contributed by atoms with Crippen LogP contribution in [0.2, 0.25) is 0 Å². The standard InChI is InChI=1S/C34H39N3O4/c1-8-23-13-11-12-16-27(23)30(31(38)35-26-18-17-24-14-9-10-15-25(24)20-26)37(28-19-22(28)4)32(39)29(21(2)3)36-33(40)41-34(5,6)7/h1,9-18,20-22,28-30H,19H2,2-7H3,(H,35,38)(H,36,40). The number of carbonyl (C=O) groups is 3. The van der Waals surface area contributed by atoms with Crippen LogP contribution in [0.3, 0.4) is 0 Å². The number of amides is 3. The molecule has 4 atom stereocenters. The lowest BCUT2D eigenvalue weighted by atomic mass is 9.95. The number of rotatable bonds is 8. The quantitative estimate of drug-likeness (QED) is 0.321. The van der Waals surface area contributed by atoms with E-state index in [1.54, 1.807) is 37.8 Å². The first kappa shape index (κ1) is 29.7. The summed E-state index contributed by atoms with van der Waals surface area (Å²) in [5, 5.41) is 7.85. The van der Waals surface area contributed by atoms with Crippen LogP contribution in [0.5, 0.6) is 0 Å². The van der Waals surface area contributed by atoms with Gasteiger partial charge in [-0.15, -0.1) is 6.42 Å². The van der Waals surface area contributed by atoms with Gasteiger partial charge in [0.25, 0.3) is 5.91 Å². The number of ether oxygens (including phenoxy) is 1. The fourth-order valence-corrected chi connectivity index (χ4v) is 5.04. The summed E-state index contributed by atoms with van der Waals surface area (Å²) in [5.41, 5.74) is 0.965. The molecule has 0 aromatic heterocycles. The molecular formula is C34H39N3O4. The Labute approximate surface area is 242 Å². The van der Waals surface area contributed by atoms with Crippen LogP contribution in [0.1, 0.15) is 65.1 Å². The maximum absolute atomic E-state index is 14.4. The summed E-state index contributed by atoms with van der Waals surface area (Å²) >= 11 is 0. The van der Waals surface area contributed by atoms with Gasteiger partial charge in [-0.3, -0.25) is 9.59 Å². The Morgan fingerprint density at radius 1 is 1.00 bits per heavy atom. The van der Waals surface area contributed by atoms with E-state index in [1.165, 1.54) is 0 Å². The second kappa shape index (κ2) is 12.1. The molecule has 0 bridgehead atoms. The van der Waals surface area contributed by atoms with Crippen molar-refractivity contribution in [3.63, 3.8) is 0 Å². The molecule has 2 N–H and O–H groups in total. The van der Waals surface area contributed by atoms with Crippen molar-refractivity contribution >= 4 is 34.4 Å². The number of alkyl carbamates (subject to hydrolysis) is 1. The van der Waals surface area contributed by atoms with Crippen molar-refractivity contribution in [3.8, 4) is 12.3 Å². The minimum atomic E-state index is -1.02. The van der Waals surface area contributed by atoms with Crippen molar-refractivity contribution in [1.29, 1.82) is 0 Å². The molecule has 41 heavy (non-hydrogen) atoms. The highest BCUT2D eigenvalue weighted by atomic mass is 16.6. The van der Waals surface area contributed by atoms with Gasteiger partial charge in [0, 0.05) is 17.3 Å². The second-order valence-corrected chi connectivity index (χ2v) is 12.1. The molecule has 7 heteroatoms. The first-order chi connectivity index (χ1) is 19.4. The molecule has 0 heterocycles. The summed E-state index contributed by atoms with van der Waals surface area (Å²) in [7, 11) is 0. The lowest BCUT2D eigenvalue weighted by Crippen LogP contribution is -2.55. The zero-order chi connectivity index (χ0) is 29.9. The third kappa shape index (κ3) is 7.07.